The van der Waals surface area contributed by atoms with Gasteiger partial charge < -0.3 is 0 Å². The standard InChI is InChI=1S/C17H18ClFN6O/c1-11-16(18)12(2)25(22-11)8-7-15(26)21-17-20-10-24(23-17)9-13-5-3-4-6-14(13)19/h3-6,10H,7-9H2,1-2H3,(H,21,23,26). The number of aryl methyl sites for hydroxylation is 2. The van der Waals surface area contributed by atoms with Crippen LogP contribution in [0.4, 0.5) is 10.3 Å². The van der Waals surface area contributed by atoms with E-state index in [1.807, 2.05) is 13.8 Å². The Kier molecular flexibility index (Phi) is 5.32. The monoisotopic (exact) mass is 376 g/mol. The number of benzene rings is 1. The summed E-state index contributed by atoms with van der Waals surface area (Å²) in [7, 11) is 0. The van der Waals surface area contributed by atoms with Crippen LogP contribution in [0.15, 0.2) is 30.6 Å². The zero-order valence-electron chi connectivity index (χ0n) is 14.4. The van der Waals surface area contributed by atoms with E-state index in [9.17, 15) is 9.18 Å². The summed E-state index contributed by atoms with van der Waals surface area (Å²) in [5, 5.41) is 11.7. The van der Waals surface area contributed by atoms with Crippen molar-refractivity contribution in [2.45, 2.75) is 33.4 Å². The fraction of sp³-hybridized carbons (Fsp3) is 0.294. The second kappa shape index (κ2) is 7.65. The lowest BCUT2D eigenvalue weighted by Crippen LogP contribution is -2.16. The van der Waals surface area contributed by atoms with Gasteiger partial charge in [-0.15, -0.1) is 5.10 Å². The van der Waals surface area contributed by atoms with E-state index < -0.39 is 0 Å². The van der Waals surface area contributed by atoms with Gasteiger partial charge in [-0.3, -0.25) is 14.8 Å². The van der Waals surface area contributed by atoms with E-state index in [1.165, 1.54) is 17.1 Å². The van der Waals surface area contributed by atoms with Gasteiger partial charge in [-0.2, -0.15) is 5.10 Å². The Bertz CT molecular complexity index is 935. The van der Waals surface area contributed by atoms with Gasteiger partial charge >= 0.3 is 0 Å². The third-order valence-corrected chi connectivity index (χ3v) is 4.47. The molecule has 0 radical (unpaired) electrons. The number of aromatic nitrogens is 5. The summed E-state index contributed by atoms with van der Waals surface area (Å²) in [6.45, 7) is 4.31. The van der Waals surface area contributed by atoms with Crippen molar-refractivity contribution < 1.29 is 9.18 Å². The zero-order chi connectivity index (χ0) is 18.7. The molecule has 3 aromatic rings. The largest absolute Gasteiger partial charge is 0.293 e. The Hall–Kier alpha value is -2.74. The molecule has 0 aliphatic rings. The Labute approximate surface area is 154 Å². The molecule has 7 nitrogen and oxygen atoms in total. The Balaban J connectivity index is 1.56. The van der Waals surface area contributed by atoms with E-state index in [0.717, 1.165) is 11.4 Å². The van der Waals surface area contributed by atoms with Gasteiger partial charge in [0, 0.05) is 12.0 Å². The topological polar surface area (TPSA) is 77.6 Å². The minimum atomic E-state index is -0.308. The molecule has 0 aliphatic heterocycles. The third-order valence-electron chi connectivity index (χ3n) is 3.92. The van der Waals surface area contributed by atoms with Crippen molar-refractivity contribution in [3.05, 3.63) is 58.4 Å². The molecule has 0 saturated heterocycles. The number of halogens is 2. The highest BCUT2D eigenvalue weighted by Crippen LogP contribution is 2.19. The van der Waals surface area contributed by atoms with E-state index in [-0.39, 0.29) is 30.6 Å². The predicted octanol–water partition coefficient (Wildman–Crippen LogP) is 2.96. The summed E-state index contributed by atoms with van der Waals surface area (Å²) in [6.07, 6.45) is 1.66. The fourth-order valence-electron chi connectivity index (χ4n) is 2.52. The molecule has 0 bridgehead atoms. The van der Waals surface area contributed by atoms with Crippen molar-refractivity contribution >= 4 is 23.5 Å². The Morgan fingerprint density at radius 1 is 1.27 bits per heavy atom. The summed E-state index contributed by atoms with van der Waals surface area (Å²) < 4.78 is 16.8. The van der Waals surface area contributed by atoms with Crippen molar-refractivity contribution in [3.63, 3.8) is 0 Å². The SMILES string of the molecule is Cc1nn(CCC(=O)Nc2ncn(Cc3ccccc3F)n2)c(C)c1Cl. The Morgan fingerprint density at radius 3 is 2.73 bits per heavy atom. The molecule has 0 saturated carbocycles. The van der Waals surface area contributed by atoms with Crippen molar-refractivity contribution in [3.8, 4) is 0 Å². The molecule has 136 valence electrons. The Morgan fingerprint density at radius 2 is 2.04 bits per heavy atom. The molecule has 2 aromatic heterocycles. The number of nitrogens with zero attached hydrogens (tertiary/aromatic N) is 5. The first kappa shape index (κ1) is 18.1. The number of rotatable bonds is 6. The highest BCUT2D eigenvalue weighted by molar-refractivity contribution is 6.31. The summed E-state index contributed by atoms with van der Waals surface area (Å²) in [4.78, 5) is 16.1. The number of hydrogen-bond donors (Lipinski definition) is 1. The first-order chi connectivity index (χ1) is 12.4. The van der Waals surface area contributed by atoms with Crippen LogP contribution in [-0.2, 0) is 17.9 Å². The number of carbonyl (C=O) groups excluding carboxylic acids is 1. The van der Waals surface area contributed by atoms with Crippen LogP contribution in [0.5, 0.6) is 0 Å². The molecule has 0 spiro atoms. The van der Waals surface area contributed by atoms with E-state index in [1.54, 1.807) is 22.9 Å². The van der Waals surface area contributed by atoms with Gasteiger partial charge in [0.2, 0.25) is 11.9 Å². The minimum Gasteiger partial charge on any atom is -0.293 e. The second-order valence-corrected chi connectivity index (χ2v) is 6.24. The third kappa shape index (κ3) is 4.08. The average molecular weight is 377 g/mol. The van der Waals surface area contributed by atoms with Crippen molar-refractivity contribution in [1.29, 1.82) is 0 Å². The fourth-order valence-corrected chi connectivity index (χ4v) is 2.65. The number of anilines is 1. The summed E-state index contributed by atoms with van der Waals surface area (Å²) in [5.41, 5.74) is 2.05. The molecule has 1 N–H and O–H groups in total. The summed E-state index contributed by atoms with van der Waals surface area (Å²) in [6, 6.07) is 6.44. The molecule has 0 atom stereocenters. The van der Waals surface area contributed by atoms with Crippen LogP contribution in [0, 0.1) is 19.7 Å². The number of hydrogen-bond acceptors (Lipinski definition) is 4. The molecule has 3 rings (SSSR count). The van der Waals surface area contributed by atoms with Crippen molar-refractivity contribution in [2.24, 2.45) is 0 Å². The first-order valence-corrected chi connectivity index (χ1v) is 8.44. The second-order valence-electron chi connectivity index (χ2n) is 5.86. The lowest BCUT2D eigenvalue weighted by Gasteiger charge is -2.04. The van der Waals surface area contributed by atoms with Crippen LogP contribution >= 0.6 is 11.6 Å². The number of nitrogens with one attached hydrogen (secondary N) is 1. The number of carbonyl (C=O) groups is 1. The van der Waals surface area contributed by atoms with E-state index in [4.69, 9.17) is 11.6 Å². The van der Waals surface area contributed by atoms with E-state index in [0.29, 0.717) is 17.1 Å². The van der Waals surface area contributed by atoms with Gasteiger partial charge in [0.05, 0.1) is 29.5 Å². The van der Waals surface area contributed by atoms with Crippen LogP contribution in [0.1, 0.15) is 23.4 Å². The van der Waals surface area contributed by atoms with Gasteiger partial charge in [0.15, 0.2) is 0 Å². The van der Waals surface area contributed by atoms with E-state index in [2.05, 4.69) is 20.5 Å². The van der Waals surface area contributed by atoms with Gasteiger partial charge in [-0.1, -0.05) is 29.8 Å². The van der Waals surface area contributed by atoms with Gasteiger partial charge in [-0.05, 0) is 19.9 Å². The maximum Gasteiger partial charge on any atom is 0.248 e. The highest BCUT2D eigenvalue weighted by atomic mass is 35.5. The van der Waals surface area contributed by atoms with Crippen LogP contribution in [0.2, 0.25) is 5.02 Å². The molecule has 26 heavy (non-hydrogen) atoms. The molecule has 0 fully saturated rings. The molecule has 0 unspecified atom stereocenters. The van der Waals surface area contributed by atoms with Gasteiger partial charge in [0.1, 0.15) is 12.1 Å². The molecule has 1 amide bonds. The first-order valence-electron chi connectivity index (χ1n) is 8.06. The quantitative estimate of drug-likeness (QED) is 0.717. The maximum absolute atomic E-state index is 13.7. The molecular formula is C17H18ClFN6O. The molecule has 0 aliphatic carbocycles. The summed E-state index contributed by atoms with van der Waals surface area (Å²) >= 11 is 6.09. The molecule has 1 aromatic carbocycles. The van der Waals surface area contributed by atoms with Crippen molar-refractivity contribution in [1.82, 2.24) is 24.5 Å². The smallest absolute Gasteiger partial charge is 0.248 e. The van der Waals surface area contributed by atoms with E-state index >= 15 is 0 Å². The molecule has 2 heterocycles. The van der Waals surface area contributed by atoms with Crippen LogP contribution in [0.25, 0.3) is 0 Å². The van der Waals surface area contributed by atoms with Crippen LogP contribution in [-0.4, -0.2) is 30.5 Å². The molecular weight excluding hydrogens is 359 g/mol. The minimum absolute atomic E-state index is 0.178. The normalized spacial score (nSPS) is 10.9. The van der Waals surface area contributed by atoms with Gasteiger partial charge in [0.25, 0.3) is 0 Å². The van der Waals surface area contributed by atoms with Crippen LogP contribution in [0.3, 0.4) is 0 Å². The predicted molar refractivity (Wildman–Crippen MR) is 95.5 cm³/mol. The van der Waals surface area contributed by atoms with Crippen molar-refractivity contribution in [2.75, 3.05) is 5.32 Å². The summed E-state index contributed by atoms with van der Waals surface area (Å²) in [5.74, 6) is -0.368. The zero-order valence-corrected chi connectivity index (χ0v) is 15.2. The lowest BCUT2D eigenvalue weighted by atomic mass is 10.2. The highest BCUT2D eigenvalue weighted by Gasteiger charge is 2.12. The maximum atomic E-state index is 13.7. The molecule has 9 heteroatoms. The number of amides is 1. The average Bonchev–Trinajstić information content (AvgIpc) is 3.15. The van der Waals surface area contributed by atoms with Gasteiger partial charge in [-0.25, -0.2) is 14.1 Å². The van der Waals surface area contributed by atoms with Crippen LogP contribution < -0.4 is 5.32 Å². The lowest BCUT2D eigenvalue weighted by molar-refractivity contribution is -0.116.